The van der Waals surface area contributed by atoms with E-state index in [-0.39, 0.29) is 11.5 Å². The molecule has 0 radical (unpaired) electrons. The molecule has 0 aromatic heterocycles. The Hall–Kier alpha value is -2.09. The van der Waals surface area contributed by atoms with Crippen molar-refractivity contribution in [3.63, 3.8) is 0 Å². The first-order valence-corrected chi connectivity index (χ1v) is 6.18. The summed E-state index contributed by atoms with van der Waals surface area (Å²) in [6.07, 6.45) is 0. The van der Waals surface area contributed by atoms with Crippen molar-refractivity contribution < 1.29 is 9.18 Å². The first kappa shape index (κ1) is 15.0. The van der Waals surface area contributed by atoms with Crippen LogP contribution >= 0.6 is 0 Å². The topological polar surface area (TPSA) is 64.9 Å². The highest BCUT2D eigenvalue weighted by molar-refractivity contribution is 5.84. The number of halogens is 1. The number of rotatable bonds is 5. The molecule has 0 saturated carbocycles. The monoisotopic (exact) mass is 263 g/mol. The van der Waals surface area contributed by atoms with Gasteiger partial charge in [0.05, 0.1) is 5.56 Å². The predicted molar refractivity (Wildman–Crippen MR) is 72.0 cm³/mol. The van der Waals surface area contributed by atoms with E-state index >= 15 is 0 Å². The molecule has 1 aromatic carbocycles. The number of nitrogens with one attached hydrogen (secondary N) is 2. The van der Waals surface area contributed by atoms with Gasteiger partial charge in [-0.15, -0.1) is 0 Å². The maximum atomic E-state index is 13.1. The zero-order valence-electron chi connectivity index (χ0n) is 11.3. The van der Waals surface area contributed by atoms with Crippen LogP contribution in [0.3, 0.4) is 0 Å². The van der Waals surface area contributed by atoms with Gasteiger partial charge >= 0.3 is 0 Å². The van der Waals surface area contributed by atoms with E-state index in [4.69, 9.17) is 5.26 Å². The standard InChI is InChI=1S/C14H18FN3O/c1-9(2)8-17-14(19)10(3)18-12-4-5-13(15)11(6-12)7-16/h4-6,9-10,18H,8H2,1-3H3,(H,17,19). The number of benzene rings is 1. The first-order valence-electron chi connectivity index (χ1n) is 6.18. The van der Waals surface area contributed by atoms with Crippen molar-refractivity contribution in [3.8, 4) is 6.07 Å². The van der Waals surface area contributed by atoms with Crippen LogP contribution in [0, 0.1) is 23.1 Å². The van der Waals surface area contributed by atoms with Crippen LogP contribution in [-0.4, -0.2) is 18.5 Å². The van der Waals surface area contributed by atoms with Crippen LogP contribution in [0.25, 0.3) is 0 Å². The number of anilines is 1. The highest BCUT2D eigenvalue weighted by Gasteiger charge is 2.13. The molecule has 0 aliphatic rings. The molecule has 102 valence electrons. The SMILES string of the molecule is CC(C)CNC(=O)C(C)Nc1ccc(F)c(C#N)c1. The Balaban J connectivity index is 2.64. The van der Waals surface area contributed by atoms with Crippen molar-refractivity contribution in [1.82, 2.24) is 5.32 Å². The van der Waals surface area contributed by atoms with E-state index in [0.717, 1.165) is 0 Å². The normalized spacial score (nSPS) is 11.8. The minimum atomic E-state index is -0.565. The number of nitrogens with zero attached hydrogens (tertiary/aromatic N) is 1. The molecular weight excluding hydrogens is 245 g/mol. The van der Waals surface area contributed by atoms with Crippen LogP contribution in [0.15, 0.2) is 18.2 Å². The van der Waals surface area contributed by atoms with Gasteiger partial charge in [-0.2, -0.15) is 5.26 Å². The van der Waals surface area contributed by atoms with Crippen molar-refractivity contribution in [2.24, 2.45) is 5.92 Å². The Morgan fingerprint density at radius 2 is 2.11 bits per heavy atom. The predicted octanol–water partition coefficient (Wildman–Crippen LogP) is 2.27. The average molecular weight is 263 g/mol. The second-order valence-corrected chi connectivity index (χ2v) is 4.81. The molecule has 1 amide bonds. The molecule has 1 aromatic rings. The number of hydrogen-bond donors (Lipinski definition) is 2. The van der Waals surface area contributed by atoms with Gasteiger partial charge in [-0.25, -0.2) is 4.39 Å². The van der Waals surface area contributed by atoms with E-state index in [1.54, 1.807) is 13.0 Å². The first-order chi connectivity index (χ1) is 8.93. The second-order valence-electron chi connectivity index (χ2n) is 4.81. The van der Waals surface area contributed by atoms with Crippen LogP contribution in [-0.2, 0) is 4.79 Å². The Kier molecular flexibility index (Phi) is 5.31. The van der Waals surface area contributed by atoms with Crippen molar-refractivity contribution in [2.45, 2.75) is 26.8 Å². The van der Waals surface area contributed by atoms with E-state index in [9.17, 15) is 9.18 Å². The fourth-order valence-corrected chi connectivity index (χ4v) is 1.47. The summed E-state index contributed by atoms with van der Waals surface area (Å²) in [5, 5.41) is 14.5. The molecule has 0 aliphatic heterocycles. The van der Waals surface area contributed by atoms with Gasteiger partial charge in [-0.3, -0.25) is 4.79 Å². The third-order valence-corrected chi connectivity index (χ3v) is 2.55. The summed E-state index contributed by atoms with van der Waals surface area (Å²) in [6, 6.07) is 5.42. The highest BCUT2D eigenvalue weighted by Crippen LogP contribution is 2.14. The highest BCUT2D eigenvalue weighted by atomic mass is 19.1. The number of hydrogen-bond acceptors (Lipinski definition) is 3. The molecule has 0 heterocycles. The summed E-state index contributed by atoms with van der Waals surface area (Å²) in [5.41, 5.74) is 0.505. The minimum Gasteiger partial charge on any atom is -0.374 e. The molecule has 0 saturated heterocycles. The lowest BCUT2D eigenvalue weighted by Crippen LogP contribution is -2.39. The lowest BCUT2D eigenvalue weighted by atomic mass is 10.2. The largest absolute Gasteiger partial charge is 0.374 e. The fraction of sp³-hybridized carbons (Fsp3) is 0.429. The van der Waals surface area contributed by atoms with Gasteiger partial charge in [-0.05, 0) is 31.0 Å². The summed E-state index contributed by atoms with van der Waals surface area (Å²) < 4.78 is 13.1. The molecule has 1 atom stereocenters. The van der Waals surface area contributed by atoms with Crippen LogP contribution < -0.4 is 10.6 Å². The average Bonchev–Trinajstić information content (AvgIpc) is 2.37. The van der Waals surface area contributed by atoms with Gasteiger partial charge in [0.25, 0.3) is 0 Å². The molecule has 5 heteroatoms. The molecule has 2 N–H and O–H groups in total. The third kappa shape index (κ3) is 4.59. The van der Waals surface area contributed by atoms with Gasteiger partial charge < -0.3 is 10.6 Å². The van der Waals surface area contributed by atoms with Gasteiger partial charge in [0.1, 0.15) is 17.9 Å². The minimum absolute atomic E-state index is 0.0419. The summed E-state index contributed by atoms with van der Waals surface area (Å²) in [6.45, 7) is 6.35. The van der Waals surface area contributed by atoms with Gasteiger partial charge in [0.15, 0.2) is 0 Å². The van der Waals surface area contributed by atoms with E-state index in [2.05, 4.69) is 10.6 Å². The molecule has 0 spiro atoms. The number of nitriles is 1. The molecule has 4 nitrogen and oxygen atoms in total. The Morgan fingerprint density at radius 3 is 2.68 bits per heavy atom. The molecule has 0 bridgehead atoms. The Morgan fingerprint density at radius 1 is 1.42 bits per heavy atom. The summed E-state index contributed by atoms with van der Waals surface area (Å²) in [5.74, 6) is -0.311. The van der Waals surface area contributed by atoms with E-state index in [0.29, 0.717) is 18.2 Å². The van der Waals surface area contributed by atoms with E-state index in [1.165, 1.54) is 18.2 Å². The smallest absolute Gasteiger partial charge is 0.242 e. The van der Waals surface area contributed by atoms with Crippen LogP contribution in [0.1, 0.15) is 26.3 Å². The Bertz CT molecular complexity index is 494. The van der Waals surface area contributed by atoms with Crippen molar-refractivity contribution in [2.75, 3.05) is 11.9 Å². The van der Waals surface area contributed by atoms with Crippen LogP contribution in [0.4, 0.5) is 10.1 Å². The van der Waals surface area contributed by atoms with Gasteiger partial charge in [-0.1, -0.05) is 13.8 Å². The molecule has 1 unspecified atom stereocenters. The zero-order chi connectivity index (χ0) is 14.4. The molecule has 0 aliphatic carbocycles. The summed E-state index contributed by atoms with van der Waals surface area (Å²) in [4.78, 5) is 11.8. The zero-order valence-corrected chi connectivity index (χ0v) is 11.3. The third-order valence-electron chi connectivity index (χ3n) is 2.55. The van der Waals surface area contributed by atoms with Gasteiger partial charge in [0, 0.05) is 12.2 Å². The summed E-state index contributed by atoms with van der Waals surface area (Å²) in [7, 11) is 0. The number of carbonyl (C=O) groups excluding carboxylic acids is 1. The molecule has 19 heavy (non-hydrogen) atoms. The lowest BCUT2D eigenvalue weighted by molar-refractivity contribution is -0.121. The molecule has 0 fully saturated rings. The number of carbonyl (C=O) groups is 1. The van der Waals surface area contributed by atoms with Crippen molar-refractivity contribution >= 4 is 11.6 Å². The second kappa shape index (κ2) is 6.74. The summed E-state index contributed by atoms with van der Waals surface area (Å²) >= 11 is 0. The molecule has 1 rings (SSSR count). The van der Waals surface area contributed by atoms with Gasteiger partial charge in [0.2, 0.25) is 5.91 Å². The van der Waals surface area contributed by atoms with Crippen LogP contribution in [0.5, 0.6) is 0 Å². The molecular formula is C14H18FN3O. The van der Waals surface area contributed by atoms with E-state index < -0.39 is 11.9 Å². The lowest BCUT2D eigenvalue weighted by Gasteiger charge is -2.16. The maximum Gasteiger partial charge on any atom is 0.242 e. The van der Waals surface area contributed by atoms with E-state index in [1.807, 2.05) is 13.8 Å². The Labute approximate surface area is 112 Å². The maximum absolute atomic E-state index is 13.1. The number of amides is 1. The fourth-order valence-electron chi connectivity index (χ4n) is 1.47. The van der Waals surface area contributed by atoms with Crippen molar-refractivity contribution in [1.29, 1.82) is 5.26 Å². The quantitative estimate of drug-likeness (QED) is 0.856. The van der Waals surface area contributed by atoms with Crippen molar-refractivity contribution in [3.05, 3.63) is 29.6 Å². The van der Waals surface area contributed by atoms with Crippen LogP contribution in [0.2, 0.25) is 0 Å².